The van der Waals surface area contributed by atoms with Crippen LogP contribution in [0.1, 0.15) is 55.0 Å². The van der Waals surface area contributed by atoms with Crippen molar-refractivity contribution in [3.63, 3.8) is 0 Å². The lowest BCUT2D eigenvalue weighted by Crippen LogP contribution is -2.41. The SMILES string of the molecule is O=C(C1CC(=O)N(C2CCCC2)C1)N1CCc2oc(Cc3ccccc3)nc2C1. The molecule has 1 saturated carbocycles. The molecule has 0 spiro atoms. The van der Waals surface area contributed by atoms with Crippen molar-refractivity contribution in [3.8, 4) is 0 Å². The van der Waals surface area contributed by atoms with Gasteiger partial charge in [0.25, 0.3) is 0 Å². The van der Waals surface area contributed by atoms with Gasteiger partial charge in [0.2, 0.25) is 11.8 Å². The minimum atomic E-state index is -0.208. The van der Waals surface area contributed by atoms with E-state index in [9.17, 15) is 9.59 Å². The summed E-state index contributed by atoms with van der Waals surface area (Å²) in [6.07, 6.45) is 6.27. The van der Waals surface area contributed by atoms with Gasteiger partial charge in [-0.15, -0.1) is 0 Å². The van der Waals surface area contributed by atoms with Crippen LogP contribution in [0.4, 0.5) is 0 Å². The highest BCUT2D eigenvalue weighted by Gasteiger charge is 2.41. The molecule has 2 fully saturated rings. The lowest BCUT2D eigenvalue weighted by molar-refractivity contribution is -0.136. The van der Waals surface area contributed by atoms with Crippen molar-refractivity contribution in [3.05, 3.63) is 53.2 Å². The Kier molecular flexibility index (Phi) is 4.86. The van der Waals surface area contributed by atoms with Crippen LogP contribution in [0.25, 0.3) is 0 Å². The Hall–Kier alpha value is -2.63. The van der Waals surface area contributed by atoms with Crippen LogP contribution >= 0.6 is 0 Å². The van der Waals surface area contributed by atoms with Gasteiger partial charge in [-0.2, -0.15) is 0 Å². The fourth-order valence-corrected chi connectivity index (χ4v) is 5.01. The minimum Gasteiger partial charge on any atom is -0.445 e. The summed E-state index contributed by atoms with van der Waals surface area (Å²) in [4.78, 5) is 34.1. The second-order valence-electron chi connectivity index (χ2n) is 8.54. The maximum atomic E-state index is 13.1. The van der Waals surface area contributed by atoms with Gasteiger partial charge in [-0.05, 0) is 18.4 Å². The molecule has 3 heterocycles. The van der Waals surface area contributed by atoms with Gasteiger partial charge in [-0.25, -0.2) is 4.98 Å². The molecule has 0 N–H and O–H groups in total. The third-order valence-electron chi connectivity index (χ3n) is 6.55. The number of likely N-dealkylation sites (tertiary alicyclic amines) is 1. The van der Waals surface area contributed by atoms with Gasteiger partial charge in [-0.1, -0.05) is 43.2 Å². The quantitative estimate of drug-likeness (QED) is 0.801. The van der Waals surface area contributed by atoms with E-state index in [1.807, 2.05) is 28.0 Å². The third kappa shape index (κ3) is 3.68. The summed E-state index contributed by atoms with van der Waals surface area (Å²) in [5, 5.41) is 0. The van der Waals surface area contributed by atoms with E-state index in [0.29, 0.717) is 50.8 Å². The summed E-state index contributed by atoms with van der Waals surface area (Å²) in [6, 6.07) is 10.5. The van der Waals surface area contributed by atoms with E-state index in [1.165, 1.54) is 12.8 Å². The summed E-state index contributed by atoms with van der Waals surface area (Å²) in [6.45, 7) is 1.71. The molecule has 6 heteroatoms. The van der Waals surface area contributed by atoms with E-state index >= 15 is 0 Å². The van der Waals surface area contributed by atoms with Crippen molar-refractivity contribution in [2.45, 2.75) is 57.5 Å². The van der Waals surface area contributed by atoms with Crippen molar-refractivity contribution >= 4 is 11.8 Å². The molecule has 1 unspecified atom stereocenters. The largest absolute Gasteiger partial charge is 0.445 e. The van der Waals surface area contributed by atoms with E-state index < -0.39 is 0 Å². The van der Waals surface area contributed by atoms with Gasteiger partial charge in [0.05, 0.1) is 12.5 Å². The summed E-state index contributed by atoms with van der Waals surface area (Å²) in [5.74, 6) is 1.64. The standard InChI is InChI=1S/C23H27N3O3/c27-22-13-17(14-26(22)18-8-4-5-9-18)23(28)25-11-10-20-19(15-25)24-21(29-20)12-16-6-2-1-3-7-16/h1-3,6-7,17-18H,4-5,8-15H2. The highest BCUT2D eigenvalue weighted by atomic mass is 16.4. The first-order valence-electron chi connectivity index (χ1n) is 10.8. The third-order valence-corrected chi connectivity index (χ3v) is 6.55. The zero-order valence-electron chi connectivity index (χ0n) is 16.7. The molecular formula is C23H27N3O3. The summed E-state index contributed by atoms with van der Waals surface area (Å²) < 4.78 is 5.95. The normalized spacial score (nSPS) is 22.3. The average Bonchev–Trinajstić information content (AvgIpc) is 3.46. The van der Waals surface area contributed by atoms with Crippen LogP contribution in [-0.2, 0) is 29.0 Å². The van der Waals surface area contributed by atoms with Gasteiger partial charge in [-0.3, -0.25) is 9.59 Å². The van der Waals surface area contributed by atoms with Gasteiger partial charge < -0.3 is 14.2 Å². The maximum Gasteiger partial charge on any atom is 0.228 e. The second kappa shape index (κ2) is 7.65. The first-order chi connectivity index (χ1) is 14.2. The number of carbonyl (C=O) groups excluding carboxylic acids is 2. The number of hydrogen-bond acceptors (Lipinski definition) is 4. The lowest BCUT2D eigenvalue weighted by atomic mass is 10.0. The molecule has 2 aromatic rings. The molecule has 29 heavy (non-hydrogen) atoms. The molecule has 2 aliphatic heterocycles. The van der Waals surface area contributed by atoms with E-state index in [1.54, 1.807) is 0 Å². The van der Waals surface area contributed by atoms with Gasteiger partial charge in [0, 0.05) is 38.4 Å². The van der Waals surface area contributed by atoms with Crippen molar-refractivity contribution in [1.82, 2.24) is 14.8 Å². The zero-order valence-corrected chi connectivity index (χ0v) is 16.7. The van der Waals surface area contributed by atoms with Crippen LogP contribution in [-0.4, -0.2) is 45.7 Å². The molecule has 1 atom stereocenters. The number of carbonyl (C=O) groups is 2. The van der Waals surface area contributed by atoms with E-state index in [2.05, 4.69) is 17.1 Å². The summed E-state index contributed by atoms with van der Waals surface area (Å²) in [5.41, 5.74) is 2.03. The number of rotatable bonds is 4. The van der Waals surface area contributed by atoms with Crippen LogP contribution < -0.4 is 0 Å². The topological polar surface area (TPSA) is 66.7 Å². The summed E-state index contributed by atoms with van der Waals surface area (Å²) >= 11 is 0. The number of oxazole rings is 1. The first-order valence-corrected chi connectivity index (χ1v) is 10.8. The van der Waals surface area contributed by atoms with Crippen molar-refractivity contribution in [2.75, 3.05) is 13.1 Å². The average molecular weight is 393 g/mol. The number of aromatic nitrogens is 1. The fraction of sp³-hybridized carbons (Fsp3) is 0.522. The van der Waals surface area contributed by atoms with Crippen LogP contribution in [0, 0.1) is 5.92 Å². The molecule has 152 valence electrons. The maximum absolute atomic E-state index is 13.1. The van der Waals surface area contributed by atoms with E-state index in [4.69, 9.17) is 4.42 Å². The minimum absolute atomic E-state index is 0.0945. The number of benzene rings is 1. The zero-order chi connectivity index (χ0) is 19.8. The lowest BCUT2D eigenvalue weighted by Gasteiger charge is -2.28. The first kappa shape index (κ1) is 18.4. The Morgan fingerprint density at radius 3 is 2.76 bits per heavy atom. The molecule has 5 rings (SSSR count). The fourth-order valence-electron chi connectivity index (χ4n) is 5.01. The Labute approximate surface area is 170 Å². The molecule has 0 radical (unpaired) electrons. The van der Waals surface area contributed by atoms with Crippen molar-refractivity contribution in [2.24, 2.45) is 5.92 Å². The second-order valence-corrected chi connectivity index (χ2v) is 8.54. The number of hydrogen-bond donors (Lipinski definition) is 0. The van der Waals surface area contributed by atoms with Crippen molar-refractivity contribution in [1.29, 1.82) is 0 Å². The Bertz CT molecular complexity index is 901. The predicted octanol–water partition coefficient (Wildman–Crippen LogP) is 2.94. The molecular weight excluding hydrogens is 366 g/mol. The van der Waals surface area contributed by atoms with Gasteiger partial charge in [0.15, 0.2) is 5.89 Å². The smallest absolute Gasteiger partial charge is 0.228 e. The van der Waals surface area contributed by atoms with E-state index in [-0.39, 0.29) is 17.7 Å². The molecule has 1 aromatic carbocycles. The Balaban J connectivity index is 1.24. The van der Waals surface area contributed by atoms with Crippen molar-refractivity contribution < 1.29 is 14.0 Å². The van der Waals surface area contributed by atoms with Crippen LogP contribution in [0.5, 0.6) is 0 Å². The molecule has 1 saturated heterocycles. The molecule has 1 aromatic heterocycles. The Morgan fingerprint density at radius 1 is 1.17 bits per heavy atom. The molecule has 3 aliphatic rings. The predicted molar refractivity (Wildman–Crippen MR) is 107 cm³/mol. The summed E-state index contributed by atoms with van der Waals surface area (Å²) in [7, 11) is 0. The van der Waals surface area contributed by atoms with Gasteiger partial charge in [0.1, 0.15) is 11.5 Å². The molecule has 0 bridgehead atoms. The van der Waals surface area contributed by atoms with Crippen LogP contribution in [0.15, 0.2) is 34.7 Å². The molecule has 1 aliphatic carbocycles. The number of fused-ring (bicyclic) bond motifs is 1. The monoisotopic (exact) mass is 393 g/mol. The van der Waals surface area contributed by atoms with Gasteiger partial charge >= 0.3 is 0 Å². The Morgan fingerprint density at radius 2 is 1.97 bits per heavy atom. The molecule has 6 nitrogen and oxygen atoms in total. The van der Waals surface area contributed by atoms with Crippen LogP contribution in [0.3, 0.4) is 0 Å². The molecule has 2 amide bonds. The number of nitrogens with zero attached hydrogens (tertiary/aromatic N) is 3. The number of amides is 2. The van der Waals surface area contributed by atoms with Crippen LogP contribution in [0.2, 0.25) is 0 Å². The van der Waals surface area contributed by atoms with E-state index in [0.717, 1.165) is 29.9 Å². The highest BCUT2D eigenvalue weighted by molar-refractivity contribution is 5.89. The highest BCUT2D eigenvalue weighted by Crippen LogP contribution is 2.31.